The van der Waals surface area contributed by atoms with Gasteiger partial charge in [0.05, 0.1) is 4.92 Å². The molecule has 9 heteroatoms. The Bertz CT molecular complexity index is 613. The Labute approximate surface area is 158 Å². The summed E-state index contributed by atoms with van der Waals surface area (Å²) >= 11 is 5.76. The average molecular weight is 394 g/mol. The SMILES string of the molecule is CC(C)CC(C)(CN)NC(=O)C(C)Oc1ccc(Cl)cc1[N+](=O)[O-].Cl. The van der Waals surface area contributed by atoms with Gasteiger partial charge < -0.3 is 15.8 Å². The van der Waals surface area contributed by atoms with Gasteiger partial charge in [-0.15, -0.1) is 12.4 Å². The van der Waals surface area contributed by atoms with Gasteiger partial charge in [0, 0.05) is 23.2 Å². The number of rotatable bonds is 8. The van der Waals surface area contributed by atoms with Gasteiger partial charge in [0.1, 0.15) is 0 Å². The molecule has 2 atom stereocenters. The lowest BCUT2D eigenvalue weighted by Crippen LogP contribution is -2.55. The molecule has 0 aliphatic rings. The fraction of sp³-hybridized carbons (Fsp3) is 0.562. The standard InChI is InChI=1S/C16H24ClN3O4.ClH/c1-10(2)8-16(4,9-18)19-15(21)11(3)24-14-6-5-12(17)7-13(14)20(22)23;/h5-7,10-11H,8-9,18H2,1-4H3,(H,19,21);1H. The van der Waals surface area contributed by atoms with Crippen molar-refractivity contribution in [3.05, 3.63) is 33.3 Å². The van der Waals surface area contributed by atoms with Crippen molar-refractivity contribution in [2.24, 2.45) is 11.7 Å². The molecular weight excluding hydrogens is 369 g/mol. The molecule has 0 spiro atoms. The molecule has 0 bridgehead atoms. The summed E-state index contributed by atoms with van der Waals surface area (Å²) in [6.45, 7) is 7.75. The van der Waals surface area contributed by atoms with Gasteiger partial charge in [-0.1, -0.05) is 25.4 Å². The molecule has 142 valence electrons. The number of amides is 1. The number of halogens is 2. The maximum Gasteiger partial charge on any atom is 0.312 e. The van der Waals surface area contributed by atoms with Crippen LogP contribution in [0.4, 0.5) is 5.69 Å². The van der Waals surface area contributed by atoms with Gasteiger partial charge in [-0.25, -0.2) is 0 Å². The molecule has 1 rings (SSSR count). The van der Waals surface area contributed by atoms with Crippen LogP contribution in [0.25, 0.3) is 0 Å². The number of carbonyl (C=O) groups is 1. The Kier molecular flexibility index (Phi) is 9.18. The highest BCUT2D eigenvalue weighted by Crippen LogP contribution is 2.30. The summed E-state index contributed by atoms with van der Waals surface area (Å²) in [6, 6.07) is 4.03. The van der Waals surface area contributed by atoms with Crippen molar-refractivity contribution in [2.75, 3.05) is 6.54 Å². The number of hydrogen-bond donors (Lipinski definition) is 2. The number of nitrogens with two attached hydrogens (primary N) is 1. The molecule has 0 fully saturated rings. The van der Waals surface area contributed by atoms with Gasteiger partial charge in [-0.3, -0.25) is 14.9 Å². The second-order valence-electron chi connectivity index (χ2n) is 6.48. The van der Waals surface area contributed by atoms with E-state index >= 15 is 0 Å². The van der Waals surface area contributed by atoms with Crippen LogP contribution in [0.5, 0.6) is 5.75 Å². The Hall–Kier alpha value is -1.57. The van der Waals surface area contributed by atoms with Crippen molar-refractivity contribution in [2.45, 2.75) is 45.8 Å². The number of carbonyl (C=O) groups excluding carboxylic acids is 1. The van der Waals surface area contributed by atoms with Crippen molar-refractivity contribution in [3.63, 3.8) is 0 Å². The van der Waals surface area contributed by atoms with Crippen LogP contribution in [0.3, 0.4) is 0 Å². The van der Waals surface area contributed by atoms with E-state index < -0.39 is 16.6 Å². The number of nitrogens with zero attached hydrogens (tertiary/aromatic N) is 1. The average Bonchev–Trinajstić information content (AvgIpc) is 2.47. The highest BCUT2D eigenvalue weighted by atomic mass is 35.5. The van der Waals surface area contributed by atoms with E-state index in [1.807, 2.05) is 20.8 Å². The van der Waals surface area contributed by atoms with Crippen molar-refractivity contribution in [3.8, 4) is 5.75 Å². The maximum absolute atomic E-state index is 12.4. The predicted octanol–water partition coefficient (Wildman–Crippen LogP) is 3.32. The summed E-state index contributed by atoms with van der Waals surface area (Å²) < 4.78 is 5.47. The molecule has 1 aromatic carbocycles. The van der Waals surface area contributed by atoms with Gasteiger partial charge in [-0.05, 0) is 38.3 Å². The summed E-state index contributed by atoms with van der Waals surface area (Å²) in [7, 11) is 0. The summed E-state index contributed by atoms with van der Waals surface area (Å²) in [5.74, 6) is -0.0364. The van der Waals surface area contributed by atoms with E-state index in [4.69, 9.17) is 22.1 Å². The van der Waals surface area contributed by atoms with Gasteiger partial charge in [0.15, 0.2) is 11.9 Å². The van der Waals surface area contributed by atoms with E-state index in [0.717, 1.165) is 0 Å². The first kappa shape index (κ1) is 23.4. The van der Waals surface area contributed by atoms with Crippen LogP contribution in [0, 0.1) is 16.0 Å². The zero-order valence-corrected chi connectivity index (χ0v) is 16.3. The lowest BCUT2D eigenvalue weighted by Gasteiger charge is -2.32. The number of nitro benzene ring substituents is 1. The summed E-state index contributed by atoms with van der Waals surface area (Å²) in [4.78, 5) is 22.8. The second-order valence-corrected chi connectivity index (χ2v) is 6.92. The van der Waals surface area contributed by atoms with Crippen molar-refractivity contribution in [1.29, 1.82) is 0 Å². The highest BCUT2D eigenvalue weighted by Gasteiger charge is 2.29. The van der Waals surface area contributed by atoms with Crippen LogP contribution in [0.2, 0.25) is 5.02 Å². The summed E-state index contributed by atoms with van der Waals surface area (Å²) in [5.41, 5.74) is 4.93. The van der Waals surface area contributed by atoms with E-state index in [0.29, 0.717) is 12.3 Å². The molecule has 1 amide bonds. The van der Waals surface area contributed by atoms with Gasteiger partial charge in [0.25, 0.3) is 5.91 Å². The summed E-state index contributed by atoms with van der Waals surface area (Å²) in [5, 5.41) is 14.2. The highest BCUT2D eigenvalue weighted by molar-refractivity contribution is 6.30. The fourth-order valence-corrected chi connectivity index (χ4v) is 2.63. The van der Waals surface area contributed by atoms with E-state index in [1.165, 1.54) is 25.1 Å². The van der Waals surface area contributed by atoms with Gasteiger partial charge >= 0.3 is 5.69 Å². The summed E-state index contributed by atoms with van der Waals surface area (Å²) in [6.07, 6.45) is -0.203. The number of nitrogens with one attached hydrogen (secondary N) is 1. The molecule has 1 aromatic rings. The number of nitro groups is 1. The van der Waals surface area contributed by atoms with Crippen LogP contribution in [-0.4, -0.2) is 29.0 Å². The first-order valence-electron chi connectivity index (χ1n) is 7.70. The molecule has 0 aliphatic carbocycles. The smallest absolute Gasteiger partial charge is 0.312 e. The Morgan fingerprint density at radius 1 is 1.44 bits per heavy atom. The third-order valence-corrected chi connectivity index (χ3v) is 3.76. The monoisotopic (exact) mass is 393 g/mol. The zero-order chi connectivity index (χ0) is 18.5. The van der Waals surface area contributed by atoms with Crippen molar-refractivity contribution in [1.82, 2.24) is 5.32 Å². The molecule has 0 saturated heterocycles. The number of hydrogen-bond acceptors (Lipinski definition) is 5. The largest absolute Gasteiger partial charge is 0.474 e. The van der Waals surface area contributed by atoms with E-state index in [9.17, 15) is 14.9 Å². The topological polar surface area (TPSA) is 107 Å². The maximum atomic E-state index is 12.4. The molecular formula is C16H25Cl2N3O4. The normalized spacial score (nSPS) is 14.2. The van der Waals surface area contributed by atoms with Crippen LogP contribution < -0.4 is 15.8 Å². The van der Waals surface area contributed by atoms with Crippen LogP contribution in [0.15, 0.2) is 18.2 Å². The van der Waals surface area contributed by atoms with E-state index in [2.05, 4.69) is 5.32 Å². The molecule has 0 saturated carbocycles. The molecule has 3 N–H and O–H groups in total. The van der Waals surface area contributed by atoms with Crippen molar-refractivity contribution >= 4 is 35.6 Å². The van der Waals surface area contributed by atoms with E-state index in [1.54, 1.807) is 0 Å². The predicted molar refractivity (Wildman–Crippen MR) is 101 cm³/mol. The van der Waals surface area contributed by atoms with E-state index in [-0.39, 0.29) is 41.3 Å². The van der Waals surface area contributed by atoms with Gasteiger partial charge in [0.2, 0.25) is 0 Å². The first-order valence-corrected chi connectivity index (χ1v) is 8.08. The lowest BCUT2D eigenvalue weighted by atomic mass is 9.90. The molecule has 0 aliphatic heterocycles. The van der Waals surface area contributed by atoms with Gasteiger partial charge in [-0.2, -0.15) is 0 Å². The molecule has 0 radical (unpaired) electrons. The van der Waals surface area contributed by atoms with Crippen LogP contribution in [-0.2, 0) is 4.79 Å². The zero-order valence-electron chi connectivity index (χ0n) is 14.7. The fourth-order valence-electron chi connectivity index (χ4n) is 2.46. The van der Waals surface area contributed by atoms with Crippen LogP contribution >= 0.6 is 24.0 Å². The Balaban J connectivity index is 0.00000576. The first-order chi connectivity index (χ1) is 11.1. The molecule has 2 unspecified atom stereocenters. The third-order valence-electron chi connectivity index (χ3n) is 3.52. The lowest BCUT2D eigenvalue weighted by molar-refractivity contribution is -0.386. The Morgan fingerprint density at radius 3 is 2.52 bits per heavy atom. The number of ether oxygens (including phenoxy) is 1. The number of benzene rings is 1. The minimum Gasteiger partial charge on any atom is -0.474 e. The molecule has 7 nitrogen and oxygen atoms in total. The molecule has 0 heterocycles. The van der Waals surface area contributed by atoms with Crippen molar-refractivity contribution < 1.29 is 14.5 Å². The quantitative estimate of drug-likeness (QED) is 0.520. The third kappa shape index (κ3) is 7.05. The Morgan fingerprint density at radius 2 is 2.04 bits per heavy atom. The minimum absolute atomic E-state index is 0. The molecule has 25 heavy (non-hydrogen) atoms. The second kappa shape index (κ2) is 9.79. The van der Waals surface area contributed by atoms with Crippen LogP contribution in [0.1, 0.15) is 34.1 Å². The minimum atomic E-state index is -0.914. The molecule has 0 aromatic heterocycles.